The molecule has 0 saturated carbocycles. The zero-order valence-corrected chi connectivity index (χ0v) is 11.7. The summed E-state index contributed by atoms with van der Waals surface area (Å²) in [6.07, 6.45) is 1.35. The topological polar surface area (TPSA) is 68.6 Å². The monoisotopic (exact) mass is 275 g/mol. The van der Waals surface area contributed by atoms with E-state index in [1.165, 1.54) is 11.8 Å². The largest absolute Gasteiger partial charge is 0.463 e. The third-order valence-corrected chi connectivity index (χ3v) is 2.88. The van der Waals surface area contributed by atoms with E-state index in [9.17, 15) is 4.79 Å². The van der Waals surface area contributed by atoms with Gasteiger partial charge in [0.1, 0.15) is 6.61 Å². The van der Waals surface area contributed by atoms with Gasteiger partial charge in [-0.1, -0.05) is 0 Å². The van der Waals surface area contributed by atoms with Crippen LogP contribution in [0, 0.1) is 11.3 Å². The molecule has 0 aromatic carbocycles. The van der Waals surface area contributed by atoms with Crippen molar-refractivity contribution in [2.45, 2.75) is 19.8 Å². The highest BCUT2D eigenvalue weighted by Crippen LogP contribution is 2.04. The summed E-state index contributed by atoms with van der Waals surface area (Å²) in [7, 11) is 0. The van der Waals surface area contributed by atoms with Gasteiger partial charge in [-0.05, 0) is 19.1 Å². The minimum Gasteiger partial charge on any atom is -0.463 e. The summed E-state index contributed by atoms with van der Waals surface area (Å²) in [5, 5.41) is 8.32. The first-order chi connectivity index (χ1) is 8.81. The molecule has 0 N–H and O–H groups in total. The smallest absolute Gasteiger partial charge is 0.315 e. The van der Waals surface area contributed by atoms with Gasteiger partial charge in [0.2, 0.25) is 0 Å². The van der Waals surface area contributed by atoms with Gasteiger partial charge < -0.3 is 14.2 Å². The molecule has 0 aliphatic carbocycles. The molecule has 0 saturated heterocycles. The Morgan fingerprint density at radius 3 is 2.67 bits per heavy atom. The summed E-state index contributed by atoms with van der Waals surface area (Å²) < 4.78 is 15.3. The first kappa shape index (κ1) is 17.2. The van der Waals surface area contributed by atoms with Gasteiger partial charge in [-0.2, -0.15) is 17.0 Å². The Kier molecular flexibility index (Phi) is 13.7. The van der Waals surface area contributed by atoms with Crippen molar-refractivity contribution in [3.8, 4) is 6.07 Å². The standard InChI is InChI=1S/C12H21NO4S/c1-2-15-6-7-16-8-9-17-12(14)11-18-10-4-3-5-13/h2-4,6-11H2,1H3. The molecule has 0 aliphatic heterocycles. The molecule has 18 heavy (non-hydrogen) atoms. The highest BCUT2D eigenvalue weighted by Gasteiger charge is 2.02. The molecule has 6 heteroatoms. The first-order valence-corrected chi connectivity index (χ1v) is 7.22. The van der Waals surface area contributed by atoms with Crippen molar-refractivity contribution < 1.29 is 19.0 Å². The Morgan fingerprint density at radius 1 is 1.22 bits per heavy atom. The summed E-state index contributed by atoms with van der Waals surface area (Å²) in [4.78, 5) is 11.2. The molecule has 0 aliphatic rings. The van der Waals surface area contributed by atoms with E-state index >= 15 is 0 Å². The maximum absolute atomic E-state index is 11.2. The lowest BCUT2D eigenvalue weighted by Crippen LogP contribution is -2.14. The van der Waals surface area contributed by atoms with Crippen LogP contribution in [-0.2, 0) is 19.0 Å². The van der Waals surface area contributed by atoms with Gasteiger partial charge in [-0.3, -0.25) is 4.79 Å². The van der Waals surface area contributed by atoms with Crippen molar-refractivity contribution in [3.63, 3.8) is 0 Å². The van der Waals surface area contributed by atoms with Crippen LogP contribution in [0.1, 0.15) is 19.8 Å². The third-order valence-electron chi connectivity index (χ3n) is 1.86. The fourth-order valence-electron chi connectivity index (χ4n) is 1.03. The predicted octanol–water partition coefficient (Wildman–Crippen LogP) is 1.62. The normalized spacial score (nSPS) is 10.0. The SMILES string of the molecule is CCOCCOCCOC(=O)CSCCCC#N. The summed E-state index contributed by atoms with van der Waals surface area (Å²) in [5.74, 6) is 0.920. The second-order valence-electron chi connectivity index (χ2n) is 3.34. The quantitative estimate of drug-likeness (QED) is 0.398. The van der Waals surface area contributed by atoms with Gasteiger partial charge in [0, 0.05) is 13.0 Å². The van der Waals surface area contributed by atoms with E-state index in [2.05, 4.69) is 6.07 Å². The second kappa shape index (κ2) is 14.3. The van der Waals surface area contributed by atoms with E-state index in [-0.39, 0.29) is 12.6 Å². The van der Waals surface area contributed by atoms with Gasteiger partial charge in [0.05, 0.1) is 31.6 Å². The van der Waals surface area contributed by atoms with Crippen LogP contribution in [0.5, 0.6) is 0 Å². The van der Waals surface area contributed by atoms with Crippen LogP contribution >= 0.6 is 11.8 Å². The molecule has 0 unspecified atom stereocenters. The molecule has 0 fully saturated rings. The van der Waals surface area contributed by atoms with Crippen LogP contribution in [0.4, 0.5) is 0 Å². The summed E-state index contributed by atoms with van der Waals surface area (Å²) in [6.45, 7) is 4.38. The maximum atomic E-state index is 11.2. The number of thioether (sulfide) groups is 1. The van der Waals surface area contributed by atoms with Gasteiger partial charge in [0.15, 0.2) is 0 Å². The van der Waals surface area contributed by atoms with Crippen LogP contribution in [0.15, 0.2) is 0 Å². The van der Waals surface area contributed by atoms with Crippen molar-refractivity contribution in [1.29, 1.82) is 5.26 Å². The zero-order valence-electron chi connectivity index (χ0n) is 10.9. The number of unbranched alkanes of at least 4 members (excludes halogenated alkanes) is 1. The number of hydrogen-bond acceptors (Lipinski definition) is 6. The fourth-order valence-corrected chi connectivity index (χ4v) is 1.77. The lowest BCUT2D eigenvalue weighted by molar-refractivity contribution is -0.142. The van der Waals surface area contributed by atoms with Crippen molar-refractivity contribution in [1.82, 2.24) is 0 Å². The molecule has 0 radical (unpaired) electrons. The molecule has 0 amide bonds. The molecular formula is C12H21NO4S. The molecule has 0 atom stereocenters. The molecule has 5 nitrogen and oxygen atoms in total. The number of nitriles is 1. The predicted molar refractivity (Wildman–Crippen MR) is 70.4 cm³/mol. The average molecular weight is 275 g/mol. The average Bonchev–Trinajstić information content (AvgIpc) is 2.37. The lowest BCUT2D eigenvalue weighted by atomic mass is 10.4. The molecule has 0 heterocycles. The van der Waals surface area contributed by atoms with E-state index in [0.29, 0.717) is 38.6 Å². The molecule has 0 rings (SSSR count). The molecule has 0 aromatic rings. The molecule has 0 aromatic heterocycles. The summed E-state index contributed by atoms with van der Waals surface area (Å²) >= 11 is 1.49. The van der Waals surface area contributed by atoms with Gasteiger partial charge in [-0.15, -0.1) is 0 Å². The first-order valence-electron chi connectivity index (χ1n) is 6.07. The number of rotatable bonds is 12. The molecule has 104 valence electrons. The Hall–Kier alpha value is -0.770. The Morgan fingerprint density at radius 2 is 1.94 bits per heavy atom. The van der Waals surface area contributed by atoms with Crippen molar-refractivity contribution in [3.05, 3.63) is 0 Å². The highest BCUT2D eigenvalue weighted by atomic mass is 32.2. The number of carbonyl (C=O) groups excluding carboxylic acids is 1. The van der Waals surface area contributed by atoms with Gasteiger partial charge in [-0.25, -0.2) is 0 Å². The van der Waals surface area contributed by atoms with E-state index in [1.807, 2.05) is 6.92 Å². The molecule has 0 spiro atoms. The van der Waals surface area contributed by atoms with Crippen molar-refractivity contribution >= 4 is 17.7 Å². The lowest BCUT2D eigenvalue weighted by Gasteiger charge is -2.06. The summed E-state index contributed by atoms with van der Waals surface area (Å²) in [6, 6.07) is 2.06. The van der Waals surface area contributed by atoms with E-state index in [4.69, 9.17) is 19.5 Å². The maximum Gasteiger partial charge on any atom is 0.315 e. The number of nitrogens with zero attached hydrogens (tertiary/aromatic N) is 1. The van der Waals surface area contributed by atoms with Crippen LogP contribution in [0.3, 0.4) is 0 Å². The summed E-state index contributed by atoms with van der Waals surface area (Å²) in [5.41, 5.74) is 0. The third kappa shape index (κ3) is 13.3. The molecular weight excluding hydrogens is 254 g/mol. The Labute approximate surface area is 113 Å². The van der Waals surface area contributed by atoms with E-state index in [0.717, 1.165) is 12.2 Å². The minimum atomic E-state index is -0.231. The Balaban J connectivity index is 3.15. The van der Waals surface area contributed by atoms with Gasteiger partial charge in [0.25, 0.3) is 0 Å². The Bertz CT molecular complexity index is 243. The minimum absolute atomic E-state index is 0.231. The van der Waals surface area contributed by atoms with Crippen molar-refractivity contribution in [2.24, 2.45) is 0 Å². The second-order valence-corrected chi connectivity index (χ2v) is 4.45. The number of carbonyl (C=O) groups is 1. The van der Waals surface area contributed by atoms with Crippen LogP contribution in [0.2, 0.25) is 0 Å². The zero-order chi connectivity index (χ0) is 13.5. The number of hydrogen-bond donors (Lipinski definition) is 0. The van der Waals surface area contributed by atoms with E-state index < -0.39 is 0 Å². The fraction of sp³-hybridized carbons (Fsp3) is 0.833. The van der Waals surface area contributed by atoms with Crippen LogP contribution in [-0.4, -0.2) is 50.5 Å². The van der Waals surface area contributed by atoms with Crippen LogP contribution in [0.25, 0.3) is 0 Å². The molecule has 0 bridgehead atoms. The van der Waals surface area contributed by atoms with Crippen LogP contribution < -0.4 is 0 Å². The number of esters is 1. The van der Waals surface area contributed by atoms with Gasteiger partial charge >= 0.3 is 5.97 Å². The number of ether oxygens (including phenoxy) is 3. The van der Waals surface area contributed by atoms with Crippen molar-refractivity contribution in [2.75, 3.05) is 44.5 Å². The highest BCUT2D eigenvalue weighted by molar-refractivity contribution is 7.99. The van der Waals surface area contributed by atoms with E-state index in [1.54, 1.807) is 0 Å².